The summed E-state index contributed by atoms with van der Waals surface area (Å²) >= 11 is 0. The summed E-state index contributed by atoms with van der Waals surface area (Å²) in [5.41, 5.74) is 3.98. The van der Waals surface area contributed by atoms with E-state index in [9.17, 15) is 9.18 Å². The molecule has 6 rings (SSSR count). The lowest BCUT2D eigenvalue weighted by molar-refractivity contribution is 0.200. The molecule has 0 spiro atoms. The number of rotatable bonds is 6. The Labute approximate surface area is 219 Å². The van der Waals surface area contributed by atoms with Crippen molar-refractivity contribution in [2.75, 3.05) is 31.1 Å². The Morgan fingerprint density at radius 1 is 0.947 bits per heavy atom. The van der Waals surface area contributed by atoms with Gasteiger partial charge in [-0.15, -0.1) is 5.10 Å². The summed E-state index contributed by atoms with van der Waals surface area (Å²) in [6, 6.07) is 24.3. The number of H-pyrrole nitrogens is 1. The van der Waals surface area contributed by atoms with Crippen molar-refractivity contribution in [3.8, 4) is 0 Å². The molecule has 0 aliphatic carbocycles. The van der Waals surface area contributed by atoms with Gasteiger partial charge in [0.2, 0.25) is 0 Å². The summed E-state index contributed by atoms with van der Waals surface area (Å²) in [6.07, 6.45) is 0. The zero-order chi connectivity index (χ0) is 26.1. The highest BCUT2D eigenvalue weighted by Gasteiger charge is 2.33. The molecule has 0 amide bonds. The van der Waals surface area contributed by atoms with E-state index >= 15 is 0 Å². The number of anilines is 1. The van der Waals surface area contributed by atoms with Gasteiger partial charge < -0.3 is 9.88 Å². The van der Waals surface area contributed by atoms with E-state index in [1.54, 1.807) is 16.8 Å². The van der Waals surface area contributed by atoms with Gasteiger partial charge in [-0.3, -0.25) is 9.69 Å². The predicted octanol–water partition coefficient (Wildman–Crippen LogP) is 3.92. The number of para-hydroxylation sites is 1. The molecule has 1 aliphatic heterocycles. The number of aryl methyl sites for hydroxylation is 1. The van der Waals surface area contributed by atoms with Crippen molar-refractivity contribution in [1.82, 2.24) is 30.1 Å². The molecule has 3 heterocycles. The van der Waals surface area contributed by atoms with E-state index in [0.29, 0.717) is 49.8 Å². The zero-order valence-electron chi connectivity index (χ0n) is 21.1. The number of piperazine rings is 1. The maximum atomic E-state index is 14.5. The van der Waals surface area contributed by atoms with Crippen LogP contribution in [0.2, 0.25) is 0 Å². The van der Waals surface area contributed by atoms with Gasteiger partial charge in [-0.1, -0.05) is 54.1 Å². The van der Waals surface area contributed by atoms with Crippen LogP contribution in [0, 0.1) is 12.7 Å². The van der Waals surface area contributed by atoms with E-state index in [4.69, 9.17) is 0 Å². The molecule has 0 radical (unpaired) electrons. The molecule has 0 saturated carbocycles. The van der Waals surface area contributed by atoms with Gasteiger partial charge in [0.05, 0.1) is 12.2 Å². The Bertz CT molecular complexity index is 1620. The molecular formula is C29H28FN7O. The molecule has 1 saturated heterocycles. The van der Waals surface area contributed by atoms with Gasteiger partial charge in [0, 0.05) is 37.3 Å². The lowest BCUT2D eigenvalue weighted by atomic mass is 10.0. The van der Waals surface area contributed by atoms with Gasteiger partial charge in [-0.05, 0) is 58.6 Å². The number of aromatic amines is 1. The monoisotopic (exact) mass is 509 g/mol. The molecule has 3 aromatic carbocycles. The van der Waals surface area contributed by atoms with Crippen molar-refractivity contribution < 1.29 is 4.39 Å². The maximum absolute atomic E-state index is 14.5. The third-order valence-corrected chi connectivity index (χ3v) is 7.17. The van der Waals surface area contributed by atoms with Crippen molar-refractivity contribution in [1.29, 1.82) is 0 Å². The molecule has 9 heteroatoms. The van der Waals surface area contributed by atoms with Crippen molar-refractivity contribution in [2.45, 2.75) is 19.5 Å². The van der Waals surface area contributed by atoms with Crippen LogP contribution in [0.5, 0.6) is 0 Å². The Kier molecular flexibility index (Phi) is 6.43. The molecule has 192 valence electrons. The largest absolute Gasteiger partial charge is 0.367 e. The zero-order valence-corrected chi connectivity index (χ0v) is 21.1. The average Bonchev–Trinajstić information content (AvgIpc) is 3.38. The predicted molar refractivity (Wildman–Crippen MR) is 145 cm³/mol. The van der Waals surface area contributed by atoms with Crippen LogP contribution in [-0.2, 0) is 6.54 Å². The highest BCUT2D eigenvalue weighted by atomic mass is 19.1. The molecule has 1 N–H and O–H groups in total. The number of nitrogens with zero attached hydrogens (tertiary/aromatic N) is 6. The minimum Gasteiger partial charge on any atom is -0.367 e. The van der Waals surface area contributed by atoms with Crippen LogP contribution >= 0.6 is 0 Å². The minimum absolute atomic E-state index is 0.169. The van der Waals surface area contributed by atoms with E-state index < -0.39 is 6.04 Å². The number of benzene rings is 3. The lowest BCUT2D eigenvalue weighted by Crippen LogP contribution is -2.49. The van der Waals surface area contributed by atoms with Crippen LogP contribution in [0.4, 0.5) is 10.1 Å². The van der Waals surface area contributed by atoms with Crippen molar-refractivity contribution >= 4 is 16.6 Å². The Morgan fingerprint density at radius 3 is 2.50 bits per heavy atom. The van der Waals surface area contributed by atoms with Crippen molar-refractivity contribution in [2.24, 2.45) is 0 Å². The molecule has 1 atom stereocenters. The molecule has 38 heavy (non-hydrogen) atoms. The first-order chi connectivity index (χ1) is 18.6. The first kappa shape index (κ1) is 24.0. The molecule has 1 fully saturated rings. The second-order valence-electron chi connectivity index (χ2n) is 9.70. The van der Waals surface area contributed by atoms with Gasteiger partial charge in [0.15, 0.2) is 5.82 Å². The highest BCUT2D eigenvalue weighted by Crippen LogP contribution is 2.30. The smallest absolute Gasteiger partial charge is 0.253 e. The van der Waals surface area contributed by atoms with Crippen molar-refractivity contribution in [3.05, 3.63) is 118 Å². The lowest BCUT2D eigenvalue weighted by Gasteiger charge is -2.39. The van der Waals surface area contributed by atoms with E-state index in [0.717, 1.165) is 22.0 Å². The normalized spacial score (nSPS) is 15.2. The molecule has 0 bridgehead atoms. The molecule has 8 nitrogen and oxygen atoms in total. The van der Waals surface area contributed by atoms with Crippen LogP contribution < -0.4 is 10.5 Å². The molecule has 0 unspecified atom stereocenters. The number of hydrogen-bond acceptors (Lipinski definition) is 6. The average molecular weight is 510 g/mol. The van der Waals surface area contributed by atoms with Crippen LogP contribution in [0.3, 0.4) is 0 Å². The van der Waals surface area contributed by atoms with Gasteiger partial charge >= 0.3 is 0 Å². The number of nitrogens with one attached hydrogen (secondary N) is 1. The maximum Gasteiger partial charge on any atom is 0.253 e. The van der Waals surface area contributed by atoms with Gasteiger partial charge in [0.1, 0.15) is 11.9 Å². The van der Waals surface area contributed by atoms with E-state index in [-0.39, 0.29) is 11.4 Å². The number of hydrogen-bond donors (Lipinski definition) is 1. The summed E-state index contributed by atoms with van der Waals surface area (Å²) in [4.78, 5) is 20.8. The summed E-state index contributed by atoms with van der Waals surface area (Å²) in [5.74, 6) is 0.372. The van der Waals surface area contributed by atoms with E-state index in [1.807, 2.05) is 66.4 Å². The van der Waals surface area contributed by atoms with Gasteiger partial charge in [-0.2, -0.15) is 0 Å². The standard InChI is InChI=1S/C29H28FN7O/c1-20-11-12-25-22(17-20)18-23(29(38)31-25)27(28-32-33-34-37(28)19-21-7-3-2-4-8-21)36-15-13-35(14-16-36)26-10-6-5-9-24(26)30/h2-12,17-18,27H,13-16,19H2,1H3,(H,31,38)/t27-/m1/s1. The minimum atomic E-state index is -0.467. The summed E-state index contributed by atoms with van der Waals surface area (Å²) in [6.45, 7) is 4.97. The number of fused-ring (bicyclic) bond motifs is 1. The third-order valence-electron chi connectivity index (χ3n) is 7.17. The number of tetrazole rings is 1. The van der Waals surface area contributed by atoms with Crippen LogP contribution in [0.1, 0.15) is 28.6 Å². The van der Waals surface area contributed by atoms with E-state index in [1.165, 1.54) is 6.07 Å². The van der Waals surface area contributed by atoms with Gasteiger partial charge in [-0.25, -0.2) is 9.07 Å². The fraction of sp³-hybridized carbons (Fsp3) is 0.241. The Balaban J connectivity index is 1.39. The first-order valence-electron chi connectivity index (χ1n) is 12.7. The third kappa shape index (κ3) is 4.68. The summed E-state index contributed by atoms with van der Waals surface area (Å²) < 4.78 is 16.2. The molecule has 2 aromatic heterocycles. The topological polar surface area (TPSA) is 82.9 Å². The Hall–Kier alpha value is -4.37. The van der Waals surface area contributed by atoms with Crippen LogP contribution in [0.15, 0.2) is 83.7 Å². The molecule has 1 aliphatic rings. The SMILES string of the molecule is Cc1ccc2[nH]c(=O)c([C@H](c3nnnn3Cc3ccccc3)N3CCN(c4ccccc4F)CC3)cc2c1. The fourth-order valence-corrected chi connectivity index (χ4v) is 5.25. The number of halogens is 1. The second-order valence-corrected chi connectivity index (χ2v) is 9.70. The van der Waals surface area contributed by atoms with Crippen molar-refractivity contribution in [3.63, 3.8) is 0 Å². The van der Waals surface area contributed by atoms with Crippen LogP contribution in [0.25, 0.3) is 10.9 Å². The number of pyridine rings is 1. The highest BCUT2D eigenvalue weighted by molar-refractivity contribution is 5.79. The first-order valence-corrected chi connectivity index (χ1v) is 12.7. The fourth-order valence-electron chi connectivity index (χ4n) is 5.25. The van der Waals surface area contributed by atoms with Gasteiger partial charge in [0.25, 0.3) is 5.56 Å². The molecule has 5 aromatic rings. The summed E-state index contributed by atoms with van der Waals surface area (Å²) in [7, 11) is 0. The van der Waals surface area contributed by atoms with Crippen LogP contribution in [-0.4, -0.2) is 56.3 Å². The summed E-state index contributed by atoms with van der Waals surface area (Å²) in [5, 5.41) is 13.7. The Morgan fingerprint density at radius 2 is 1.71 bits per heavy atom. The second kappa shape index (κ2) is 10.2. The quantitative estimate of drug-likeness (QED) is 0.374. The molecular weight excluding hydrogens is 481 g/mol. The number of aromatic nitrogens is 5. The van der Waals surface area contributed by atoms with E-state index in [2.05, 4.69) is 31.5 Å².